The van der Waals surface area contributed by atoms with Gasteiger partial charge >= 0.3 is 0 Å². The van der Waals surface area contributed by atoms with Crippen LogP contribution in [0.3, 0.4) is 0 Å². The average Bonchev–Trinajstić information content (AvgIpc) is 2.48. The summed E-state index contributed by atoms with van der Waals surface area (Å²) in [7, 11) is 0. The maximum atomic E-state index is 12.7. The van der Waals surface area contributed by atoms with Crippen LogP contribution in [-0.4, -0.2) is 18.4 Å². The number of carbonyl (C=O) groups is 2. The number of nitrogens with one attached hydrogen (secondary N) is 2. The lowest BCUT2D eigenvalue weighted by atomic mass is 10.2. The second kappa shape index (κ2) is 6.85. The minimum absolute atomic E-state index is 0.182. The predicted octanol–water partition coefficient (Wildman–Crippen LogP) is 2.85. The Morgan fingerprint density at radius 1 is 1.00 bits per heavy atom. The van der Waals surface area contributed by atoms with Crippen LogP contribution in [0.4, 0.5) is 10.1 Å². The van der Waals surface area contributed by atoms with Crippen molar-refractivity contribution >= 4 is 29.1 Å². The molecule has 0 radical (unpaired) electrons. The Kier molecular flexibility index (Phi) is 4.90. The van der Waals surface area contributed by atoms with E-state index in [2.05, 4.69) is 10.6 Å². The molecule has 0 saturated carbocycles. The average molecular weight is 307 g/mol. The lowest BCUT2D eigenvalue weighted by Crippen LogP contribution is -2.32. The molecule has 0 spiro atoms. The van der Waals surface area contributed by atoms with Crippen molar-refractivity contribution in [1.29, 1.82) is 0 Å². The highest BCUT2D eigenvalue weighted by atomic mass is 35.5. The third-order valence-electron chi connectivity index (χ3n) is 2.64. The van der Waals surface area contributed by atoms with Crippen molar-refractivity contribution in [1.82, 2.24) is 5.32 Å². The first-order chi connectivity index (χ1) is 10.0. The van der Waals surface area contributed by atoms with E-state index in [0.717, 1.165) is 0 Å². The molecule has 0 aromatic heterocycles. The summed E-state index contributed by atoms with van der Waals surface area (Å²) in [6.07, 6.45) is 0. The minimum Gasteiger partial charge on any atom is -0.343 e. The Balaban J connectivity index is 1.84. The molecular formula is C15H12ClFN2O2. The van der Waals surface area contributed by atoms with E-state index in [4.69, 9.17) is 11.6 Å². The Hall–Kier alpha value is -2.40. The van der Waals surface area contributed by atoms with Gasteiger partial charge in [0.2, 0.25) is 5.91 Å². The van der Waals surface area contributed by atoms with Gasteiger partial charge in [0.1, 0.15) is 5.82 Å². The van der Waals surface area contributed by atoms with E-state index in [0.29, 0.717) is 16.3 Å². The number of anilines is 1. The number of rotatable bonds is 4. The van der Waals surface area contributed by atoms with Crippen LogP contribution in [0.25, 0.3) is 0 Å². The lowest BCUT2D eigenvalue weighted by molar-refractivity contribution is -0.115. The molecular weight excluding hydrogens is 295 g/mol. The van der Waals surface area contributed by atoms with E-state index in [1.54, 1.807) is 24.3 Å². The monoisotopic (exact) mass is 306 g/mol. The summed E-state index contributed by atoms with van der Waals surface area (Å²) in [5, 5.41) is 5.55. The maximum absolute atomic E-state index is 12.7. The maximum Gasteiger partial charge on any atom is 0.251 e. The zero-order valence-electron chi connectivity index (χ0n) is 10.9. The van der Waals surface area contributed by atoms with Gasteiger partial charge in [-0.15, -0.1) is 0 Å². The van der Waals surface area contributed by atoms with Gasteiger partial charge in [-0.1, -0.05) is 11.6 Å². The van der Waals surface area contributed by atoms with Crippen molar-refractivity contribution in [3.05, 3.63) is 64.9 Å². The Morgan fingerprint density at radius 3 is 2.24 bits per heavy atom. The molecule has 2 aromatic carbocycles. The first kappa shape index (κ1) is 15.0. The molecule has 4 nitrogen and oxygen atoms in total. The molecule has 2 aromatic rings. The van der Waals surface area contributed by atoms with Crippen LogP contribution in [-0.2, 0) is 4.79 Å². The number of benzene rings is 2. The smallest absolute Gasteiger partial charge is 0.251 e. The van der Waals surface area contributed by atoms with Crippen molar-refractivity contribution in [2.45, 2.75) is 0 Å². The highest BCUT2D eigenvalue weighted by molar-refractivity contribution is 6.30. The van der Waals surface area contributed by atoms with Crippen LogP contribution in [0.15, 0.2) is 48.5 Å². The fourth-order valence-electron chi connectivity index (χ4n) is 1.60. The van der Waals surface area contributed by atoms with Crippen molar-refractivity contribution in [2.75, 3.05) is 11.9 Å². The van der Waals surface area contributed by atoms with Gasteiger partial charge in [0.15, 0.2) is 0 Å². The molecule has 0 aliphatic rings. The number of hydrogen-bond acceptors (Lipinski definition) is 2. The van der Waals surface area contributed by atoms with Crippen molar-refractivity contribution in [3.8, 4) is 0 Å². The molecule has 0 saturated heterocycles. The Morgan fingerprint density at radius 2 is 1.62 bits per heavy atom. The van der Waals surface area contributed by atoms with Crippen LogP contribution in [0.5, 0.6) is 0 Å². The van der Waals surface area contributed by atoms with Crippen molar-refractivity contribution in [3.63, 3.8) is 0 Å². The molecule has 0 aliphatic heterocycles. The van der Waals surface area contributed by atoms with Crippen molar-refractivity contribution < 1.29 is 14.0 Å². The van der Waals surface area contributed by atoms with Crippen LogP contribution < -0.4 is 10.6 Å². The number of halogens is 2. The molecule has 2 rings (SSSR count). The standard InChI is InChI=1S/C15H12ClFN2O2/c16-11-3-1-10(2-4-11)15(21)18-9-14(20)19-13-7-5-12(17)6-8-13/h1-8H,9H2,(H,18,21)(H,19,20). The SMILES string of the molecule is O=C(CNC(=O)c1ccc(Cl)cc1)Nc1ccc(F)cc1. The van der Waals surface area contributed by atoms with E-state index in [9.17, 15) is 14.0 Å². The number of hydrogen-bond donors (Lipinski definition) is 2. The molecule has 0 atom stereocenters. The van der Waals surface area contributed by atoms with Gasteiger partial charge in [0.25, 0.3) is 5.91 Å². The molecule has 0 bridgehead atoms. The Labute approximate surface area is 125 Å². The highest BCUT2D eigenvalue weighted by Crippen LogP contribution is 2.09. The molecule has 0 aliphatic carbocycles. The summed E-state index contributed by atoms with van der Waals surface area (Å²) in [6.45, 7) is -0.182. The largest absolute Gasteiger partial charge is 0.343 e. The summed E-state index contributed by atoms with van der Waals surface area (Å²) in [4.78, 5) is 23.4. The molecule has 0 heterocycles. The summed E-state index contributed by atoms with van der Waals surface area (Å²) in [6, 6.07) is 11.7. The lowest BCUT2D eigenvalue weighted by Gasteiger charge is -2.07. The van der Waals surface area contributed by atoms with Crippen LogP contribution in [0.1, 0.15) is 10.4 Å². The highest BCUT2D eigenvalue weighted by Gasteiger charge is 2.08. The number of amides is 2. The van der Waals surface area contributed by atoms with E-state index in [1.807, 2.05) is 0 Å². The summed E-state index contributed by atoms with van der Waals surface area (Å²) in [5.74, 6) is -1.16. The van der Waals surface area contributed by atoms with Gasteiger partial charge in [-0.05, 0) is 48.5 Å². The van der Waals surface area contributed by atoms with Crippen LogP contribution in [0.2, 0.25) is 5.02 Å². The van der Waals surface area contributed by atoms with E-state index in [-0.39, 0.29) is 18.3 Å². The molecule has 6 heteroatoms. The quantitative estimate of drug-likeness (QED) is 0.912. The number of carbonyl (C=O) groups excluding carboxylic acids is 2. The Bertz CT molecular complexity index is 642. The zero-order valence-corrected chi connectivity index (χ0v) is 11.7. The van der Waals surface area contributed by atoms with Gasteiger partial charge in [-0.3, -0.25) is 9.59 Å². The topological polar surface area (TPSA) is 58.2 Å². The van der Waals surface area contributed by atoms with E-state index < -0.39 is 5.91 Å². The summed E-state index contributed by atoms with van der Waals surface area (Å²) < 4.78 is 12.7. The summed E-state index contributed by atoms with van der Waals surface area (Å²) >= 11 is 5.72. The fourth-order valence-corrected chi connectivity index (χ4v) is 1.73. The second-order valence-corrected chi connectivity index (χ2v) is 4.68. The van der Waals surface area contributed by atoms with Gasteiger partial charge in [-0.25, -0.2) is 4.39 Å². The molecule has 2 N–H and O–H groups in total. The summed E-state index contributed by atoms with van der Waals surface area (Å²) in [5.41, 5.74) is 0.871. The third kappa shape index (κ3) is 4.57. The van der Waals surface area contributed by atoms with Gasteiger partial charge in [0.05, 0.1) is 6.54 Å². The molecule has 108 valence electrons. The normalized spacial score (nSPS) is 10.0. The van der Waals surface area contributed by atoms with Crippen LogP contribution >= 0.6 is 11.6 Å². The van der Waals surface area contributed by atoms with E-state index in [1.165, 1.54) is 24.3 Å². The fraction of sp³-hybridized carbons (Fsp3) is 0.0667. The first-order valence-corrected chi connectivity index (χ1v) is 6.51. The molecule has 0 unspecified atom stereocenters. The van der Waals surface area contributed by atoms with E-state index >= 15 is 0 Å². The molecule has 0 fully saturated rings. The molecule has 21 heavy (non-hydrogen) atoms. The van der Waals surface area contributed by atoms with Crippen molar-refractivity contribution in [2.24, 2.45) is 0 Å². The second-order valence-electron chi connectivity index (χ2n) is 4.24. The minimum atomic E-state index is -0.399. The molecule has 2 amide bonds. The van der Waals surface area contributed by atoms with Crippen LogP contribution in [0, 0.1) is 5.82 Å². The van der Waals surface area contributed by atoms with Gasteiger partial charge in [-0.2, -0.15) is 0 Å². The van der Waals surface area contributed by atoms with Gasteiger partial charge < -0.3 is 10.6 Å². The first-order valence-electron chi connectivity index (χ1n) is 6.14. The predicted molar refractivity (Wildman–Crippen MR) is 78.8 cm³/mol. The zero-order chi connectivity index (χ0) is 15.2. The third-order valence-corrected chi connectivity index (χ3v) is 2.90. The van der Waals surface area contributed by atoms with Gasteiger partial charge in [0, 0.05) is 16.3 Å².